The molecule has 2 amide bonds. The molecule has 2 aliphatic rings. The van der Waals surface area contributed by atoms with Crippen molar-refractivity contribution in [1.29, 1.82) is 0 Å². The molecular formula is C25H30N2O3. The summed E-state index contributed by atoms with van der Waals surface area (Å²) in [6.45, 7) is 3.48. The van der Waals surface area contributed by atoms with E-state index in [1.54, 1.807) is 11.0 Å². The number of carbonyl (C=O) groups excluding carboxylic acids is 2. The van der Waals surface area contributed by atoms with Crippen LogP contribution in [0.4, 0.5) is 0 Å². The Kier molecular flexibility index (Phi) is 6.07. The van der Waals surface area contributed by atoms with Crippen LogP contribution < -0.4 is 10.1 Å². The van der Waals surface area contributed by atoms with Gasteiger partial charge in [-0.15, -0.1) is 0 Å². The fourth-order valence-electron chi connectivity index (χ4n) is 4.19. The molecule has 30 heavy (non-hydrogen) atoms. The van der Waals surface area contributed by atoms with E-state index < -0.39 is 5.41 Å². The fraction of sp³-hybridized carbons (Fsp3) is 0.440. The van der Waals surface area contributed by atoms with E-state index in [2.05, 4.69) is 17.4 Å². The SMILES string of the molecule is CCCOc1ccccc1C(=O)N1CC(Cc2ccccc2)(C(=O)NC2CCC2)C1. The second-order valence-corrected chi connectivity index (χ2v) is 8.55. The van der Waals surface area contributed by atoms with Crippen LogP contribution in [0.1, 0.15) is 48.5 Å². The van der Waals surface area contributed by atoms with Crippen molar-refractivity contribution in [2.45, 2.75) is 45.1 Å². The Bertz CT molecular complexity index is 886. The zero-order valence-corrected chi connectivity index (χ0v) is 17.6. The van der Waals surface area contributed by atoms with Gasteiger partial charge in [-0.05, 0) is 49.8 Å². The minimum atomic E-state index is -0.564. The van der Waals surface area contributed by atoms with Crippen molar-refractivity contribution < 1.29 is 14.3 Å². The van der Waals surface area contributed by atoms with E-state index >= 15 is 0 Å². The number of para-hydroxylation sites is 1. The number of amides is 2. The number of nitrogens with one attached hydrogen (secondary N) is 1. The lowest BCUT2D eigenvalue weighted by Crippen LogP contribution is -2.66. The normalized spacial score (nSPS) is 17.6. The van der Waals surface area contributed by atoms with E-state index in [-0.39, 0.29) is 17.9 Å². The molecule has 1 aliphatic carbocycles. The van der Waals surface area contributed by atoms with E-state index in [1.807, 2.05) is 43.3 Å². The summed E-state index contributed by atoms with van der Waals surface area (Å²) in [7, 11) is 0. The zero-order chi connectivity index (χ0) is 21.0. The van der Waals surface area contributed by atoms with Crippen LogP contribution in [0.15, 0.2) is 54.6 Å². The fourth-order valence-corrected chi connectivity index (χ4v) is 4.19. The molecule has 1 saturated carbocycles. The maximum Gasteiger partial charge on any atom is 0.257 e. The first-order chi connectivity index (χ1) is 14.6. The smallest absolute Gasteiger partial charge is 0.257 e. The highest BCUT2D eigenvalue weighted by Gasteiger charge is 2.51. The first-order valence-corrected chi connectivity index (χ1v) is 11.0. The van der Waals surface area contributed by atoms with E-state index in [0.29, 0.717) is 37.4 Å². The van der Waals surface area contributed by atoms with Gasteiger partial charge in [-0.1, -0.05) is 49.4 Å². The van der Waals surface area contributed by atoms with E-state index in [4.69, 9.17) is 4.74 Å². The molecule has 2 fully saturated rings. The summed E-state index contributed by atoms with van der Waals surface area (Å²) in [5.74, 6) is 0.626. The van der Waals surface area contributed by atoms with Crippen molar-refractivity contribution in [3.8, 4) is 5.75 Å². The largest absolute Gasteiger partial charge is 0.493 e. The standard InChI is InChI=1S/C25H30N2O3/c1-2-15-30-22-14-7-6-13-21(22)23(28)27-17-25(18-27,16-19-9-4-3-5-10-19)24(29)26-20-11-8-12-20/h3-7,9-10,13-14,20H,2,8,11-12,15-18H2,1H3,(H,26,29). The second-order valence-electron chi connectivity index (χ2n) is 8.55. The van der Waals surface area contributed by atoms with E-state index in [0.717, 1.165) is 24.8 Å². The maximum absolute atomic E-state index is 13.2. The van der Waals surface area contributed by atoms with Crippen molar-refractivity contribution in [1.82, 2.24) is 10.2 Å². The number of rotatable bonds is 8. The third kappa shape index (κ3) is 4.20. The molecular weight excluding hydrogens is 376 g/mol. The number of ether oxygens (including phenoxy) is 1. The molecule has 4 rings (SSSR count). The van der Waals surface area contributed by atoms with Crippen molar-refractivity contribution in [3.05, 3.63) is 65.7 Å². The minimum absolute atomic E-state index is 0.0677. The van der Waals surface area contributed by atoms with Crippen LogP contribution in [-0.2, 0) is 11.2 Å². The number of carbonyl (C=O) groups is 2. The molecule has 0 bridgehead atoms. The highest BCUT2D eigenvalue weighted by atomic mass is 16.5. The predicted octanol–water partition coefficient (Wildman–Crippen LogP) is 3.83. The average Bonchev–Trinajstić information content (AvgIpc) is 2.72. The average molecular weight is 407 g/mol. The lowest BCUT2D eigenvalue weighted by molar-refractivity contribution is -0.140. The molecule has 1 heterocycles. The molecule has 2 aromatic carbocycles. The summed E-state index contributed by atoms with van der Waals surface area (Å²) in [4.78, 5) is 28.1. The topological polar surface area (TPSA) is 58.6 Å². The minimum Gasteiger partial charge on any atom is -0.493 e. The van der Waals surface area contributed by atoms with Crippen molar-refractivity contribution in [2.24, 2.45) is 5.41 Å². The van der Waals surface area contributed by atoms with Crippen LogP contribution in [0.2, 0.25) is 0 Å². The van der Waals surface area contributed by atoms with Crippen LogP contribution in [0.25, 0.3) is 0 Å². The van der Waals surface area contributed by atoms with Gasteiger partial charge in [-0.3, -0.25) is 9.59 Å². The lowest BCUT2D eigenvalue weighted by Gasteiger charge is -2.50. The molecule has 0 atom stereocenters. The van der Waals surface area contributed by atoms with Crippen LogP contribution >= 0.6 is 0 Å². The molecule has 2 aromatic rings. The summed E-state index contributed by atoms with van der Waals surface area (Å²) < 4.78 is 5.77. The Morgan fingerprint density at radius 2 is 1.77 bits per heavy atom. The monoisotopic (exact) mass is 406 g/mol. The molecule has 0 radical (unpaired) electrons. The number of benzene rings is 2. The van der Waals surface area contributed by atoms with E-state index in [1.165, 1.54) is 6.42 Å². The van der Waals surface area contributed by atoms with Gasteiger partial charge in [0.1, 0.15) is 5.75 Å². The van der Waals surface area contributed by atoms with Gasteiger partial charge in [-0.2, -0.15) is 0 Å². The number of nitrogens with zero attached hydrogens (tertiary/aromatic N) is 1. The Hall–Kier alpha value is -2.82. The molecule has 0 unspecified atom stereocenters. The number of hydrogen-bond acceptors (Lipinski definition) is 3. The van der Waals surface area contributed by atoms with Crippen LogP contribution in [0, 0.1) is 5.41 Å². The van der Waals surface area contributed by atoms with Gasteiger partial charge in [0.2, 0.25) is 5.91 Å². The number of likely N-dealkylation sites (tertiary alicyclic amines) is 1. The van der Waals surface area contributed by atoms with Crippen LogP contribution in [0.3, 0.4) is 0 Å². The van der Waals surface area contributed by atoms with Gasteiger partial charge in [0, 0.05) is 19.1 Å². The Morgan fingerprint density at radius 3 is 2.43 bits per heavy atom. The maximum atomic E-state index is 13.2. The van der Waals surface area contributed by atoms with Gasteiger partial charge in [0.25, 0.3) is 5.91 Å². The number of hydrogen-bond donors (Lipinski definition) is 1. The molecule has 1 aliphatic heterocycles. The first-order valence-electron chi connectivity index (χ1n) is 11.0. The van der Waals surface area contributed by atoms with Crippen molar-refractivity contribution in [3.63, 3.8) is 0 Å². The predicted molar refractivity (Wildman–Crippen MR) is 116 cm³/mol. The Balaban J connectivity index is 1.49. The molecule has 0 aromatic heterocycles. The molecule has 5 nitrogen and oxygen atoms in total. The van der Waals surface area contributed by atoms with Gasteiger partial charge in [0.15, 0.2) is 0 Å². The van der Waals surface area contributed by atoms with Crippen molar-refractivity contribution in [2.75, 3.05) is 19.7 Å². The molecule has 158 valence electrons. The molecule has 1 saturated heterocycles. The third-order valence-corrected chi connectivity index (χ3v) is 6.16. The lowest BCUT2D eigenvalue weighted by atomic mass is 9.73. The van der Waals surface area contributed by atoms with Gasteiger partial charge < -0.3 is 15.0 Å². The van der Waals surface area contributed by atoms with Gasteiger partial charge in [-0.25, -0.2) is 0 Å². The quantitative estimate of drug-likeness (QED) is 0.725. The molecule has 1 N–H and O–H groups in total. The molecule has 5 heteroatoms. The summed E-state index contributed by atoms with van der Waals surface area (Å²) in [6.07, 6.45) is 4.81. The molecule has 0 spiro atoms. The van der Waals surface area contributed by atoms with Crippen LogP contribution in [-0.4, -0.2) is 42.5 Å². The van der Waals surface area contributed by atoms with E-state index in [9.17, 15) is 9.59 Å². The summed E-state index contributed by atoms with van der Waals surface area (Å²) >= 11 is 0. The summed E-state index contributed by atoms with van der Waals surface area (Å²) in [6, 6.07) is 17.7. The first kappa shape index (κ1) is 20.5. The highest BCUT2D eigenvalue weighted by molar-refractivity contribution is 5.99. The Labute approximate surface area is 178 Å². The van der Waals surface area contributed by atoms with Gasteiger partial charge in [0.05, 0.1) is 17.6 Å². The van der Waals surface area contributed by atoms with Crippen LogP contribution in [0.5, 0.6) is 5.75 Å². The second kappa shape index (κ2) is 8.90. The summed E-state index contributed by atoms with van der Waals surface area (Å²) in [5.41, 5.74) is 1.13. The zero-order valence-electron chi connectivity index (χ0n) is 17.6. The third-order valence-electron chi connectivity index (χ3n) is 6.16. The van der Waals surface area contributed by atoms with Crippen molar-refractivity contribution >= 4 is 11.8 Å². The Morgan fingerprint density at radius 1 is 1.07 bits per heavy atom. The van der Waals surface area contributed by atoms with Gasteiger partial charge >= 0.3 is 0 Å². The summed E-state index contributed by atoms with van der Waals surface area (Å²) in [5, 5.41) is 3.22. The highest BCUT2D eigenvalue weighted by Crippen LogP contribution is 2.37.